The highest BCUT2D eigenvalue weighted by Crippen LogP contribution is 2.21. The van der Waals surface area contributed by atoms with Gasteiger partial charge < -0.3 is 26.0 Å². The van der Waals surface area contributed by atoms with Crippen LogP contribution in [0.4, 0.5) is 0 Å². The number of carbonyl (C=O) groups is 1. The van der Waals surface area contributed by atoms with Crippen molar-refractivity contribution in [2.24, 2.45) is 10.7 Å². The third-order valence-electron chi connectivity index (χ3n) is 5.36. The van der Waals surface area contributed by atoms with E-state index in [1.165, 1.54) is 17.3 Å². The number of hydrogen-bond donors (Lipinski definition) is 3. The van der Waals surface area contributed by atoms with Crippen LogP contribution in [0.5, 0.6) is 0 Å². The lowest BCUT2D eigenvalue weighted by Gasteiger charge is -2.28. The minimum absolute atomic E-state index is 0.147. The molecule has 2 aliphatic heterocycles. The lowest BCUT2D eigenvalue weighted by atomic mass is 9.97. The molecule has 164 valence electrons. The number of unbranched alkanes of at least 4 members (excludes halogenated alkanes) is 1. The van der Waals surface area contributed by atoms with Crippen LogP contribution in [0.3, 0.4) is 0 Å². The monoisotopic (exact) mass is 414 g/mol. The van der Waals surface area contributed by atoms with Crippen molar-refractivity contribution in [2.75, 3.05) is 26.2 Å². The molecule has 1 aromatic rings. The number of nitrogens with two attached hydrogens (primary N) is 1. The molecule has 3 rings (SSSR count). The summed E-state index contributed by atoms with van der Waals surface area (Å²) in [5, 5.41) is 5.69. The Morgan fingerprint density at radius 2 is 2.13 bits per heavy atom. The van der Waals surface area contributed by atoms with Crippen molar-refractivity contribution in [1.82, 2.24) is 20.4 Å². The average Bonchev–Trinajstić information content (AvgIpc) is 2.75. The van der Waals surface area contributed by atoms with Gasteiger partial charge >= 0.3 is 0 Å². The fourth-order valence-electron chi connectivity index (χ4n) is 3.60. The molecule has 8 nitrogen and oxygen atoms in total. The summed E-state index contributed by atoms with van der Waals surface area (Å²) in [5.74, 6) is 0.164. The van der Waals surface area contributed by atoms with Gasteiger partial charge in [0.25, 0.3) is 0 Å². The van der Waals surface area contributed by atoms with E-state index in [0.717, 1.165) is 44.5 Å². The highest BCUT2D eigenvalue weighted by atomic mass is 16.5. The molecule has 0 spiro atoms. The SMILES string of the molecule is CCCCOC1/N=C/N(Cc2ccc3c(c2)CN(CC)CC3)CC(=O)N/C=C(\N)N1. The number of fused-ring (bicyclic) bond motifs is 1. The van der Waals surface area contributed by atoms with Gasteiger partial charge in [-0.05, 0) is 36.1 Å². The summed E-state index contributed by atoms with van der Waals surface area (Å²) >= 11 is 0. The molecule has 0 aliphatic carbocycles. The normalized spacial score (nSPS) is 23.0. The lowest BCUT2D eigenvalue weighted by molar-refractivity contribution is -0.120. The van der Waals surface area contributed by atoms with E-state index in [1.807, 2.05) is 4.90 Å². The molecule has 0 radical (unpaired) electrons. The highest BCUT2D eigenvalue weighted by molar-refractivity contribution is 5.81. The molecule has 8 heteroatoms. The minimum atomic E-state index is -0.591. The van der Waals surface area contributed by atoms with Crippen molar-refractivity contribution in [3.05, 3.63) is 46.9 Å². The maximum atomic E-state index is 12.3. The largest absolute Gasteiger partial charge is 0.384 e. The Hall–Kier alpha value is -2.58. The maximum absolute atomic E-state index is 12.3. The molecule has 2 heterocycles. The number of rotatable bonds is 7. The molecule has 1 unspecified atom stereocenters. The van der Waals surface area contributed by atoms with Crippen LogP contribution < -0.4 is 16.4 Å². The number of benzene rings is 1. The van der Waals surface area contributed by atoms with E-state index in [9.17, 15) is 4.79 Å². The summed E-state index contributed by atoms with van der Waals surface area (Å²) in [7, 11) is 0. The van der Waals surface area contributed by atoms with Gasteiger partial charge in [-0.1, -0.05) is 38.5 Å². The fourth-order valence-corrected chi connectivity index (χ4v) is 3.60. The second-order valence-corrected chi connectivity index (χ2v) is 7.78. The molecule has 0 saturated heterocycles. The highest BCUT2D eigenvalue weighted by Gasteiger charge is 2.17. The Morgan fingerprint density at radius 1 is 1.27 bits per heavy atom. The summed E-state index contributed by atoms with van der Waals surface area (Å²) in [6.45, 7) is 8.83. The first kappa shape index (κ1) is 22.1. The number of ether oxygens (including phenoxy) is 1. The molecule has 0 fully saturated rings. The molecule has 0 saturated carbocycles. The Kier molecular flexibility index (Phi) is 8.10. The second kappa shape index (κ2) is 11.0. The van der Waals surface area contributed by atoms with Crippen molar-refractivity contribution >= 4 is 12.2 Å². The van der Waals surface area contributed by atoms with Crippen LogP contribution >= 0.6 is 0 Å². The standard InChI is InChI=1S/C22H34N6O2/c1-3-5-10-30-22-25-16-28(15-21(29)24-12-20(23)26-22)13-17-6-7-18-8-9-27(4-2)14-19(18)11-17/h6-7,11-12,16,22,26H,3-5,8-10,13-15,23H2,1-2H3,(H,24,29)/b20-12+,25-16+. The number of carbonyl (C=O) groups excluding carboxylic acids is 1. The van der Waals surface area contributed by atoms with Gasteiger partial charge in [0.05, 0.1) is 19.5 Å². The van der Waals surface area contributed by atoms with E-state index in [-0.39, 0.29) is 12.5 Å². The van der Waals surface area contributed by atoms with Crippen LogP contribution in [-0.4, -0.2) is 54.6 Å². The number of hydrogen-bond acceptors (Lipinski definition) is 7. The maximum Gasteiger partial charge on any atom is 0.243 e. The van der Waals surface area contributed by atoms with E-state index in [4.69, 9.17) is 10.5 Å². The molecule has 4 N–H and O–H groups in total. The predicted molar refractivity (Wildman–Crippen MR) is 118 cm³/mol. The average molecular weight is 415 g/mol. The van der Waals surface area contributed by atoms with E-state index >= 15 is 0 Å². The summed E-state index contributed by atoms with van der Waals surface area (Å²) in [5.41, 5.74) is 9.85. The fraction of sp³-hybridized carbons (Fsp3) is 0.545. The zero-order valence-electron chi connectivity index (χ0n) is 18.1. The summed E-state index contributed by atoms with van der Waals surface area (Å²) in [6, 6.07) is 6.63. The molecular weight excluding hydrogens is 380 g/mol. The third-order valence-corrected chi connectivity index (χ3v) is 5.36. The van der Waals surface area contributed by atoms with Gasteiger partial charge in [0.1, 0.15) is 5.82 Å². The first-order valence-corrected chi connectivity index (χ1v) is 10.8. The van der Waals surface area contributed by atoms with Crippen molar-refractivity contribution in [1.29, 1.82) is 0 Å². The van der Waals surface area contributed by atoms with Gasteiger partial charge in [-0.3, -0.25) is 9.69 Å². The Morgan fingerprint density at radius 3 is 2.93 bits per heavy atom. The molecule has 0 aromatic heterocycles. The first-order chi connectivity index (χ1) is 14.6. The molecule has 1 atom stereocenters. The Balaban J connectivity index is 1.72. The smallest absolute Gasteiger partial charge is 0.243 e. The summed E-state index contributed by atoms with van der Waals surface area (Å²) < 4.78 is 5.77. The second-order valence-electron chi connectivity index (χ2n) is 7.78. The van der Waals surface area contributed by atoms with Crippen LogP contribution in [0.2, 0.25) is 0 Å². The van der Waals surface area contributed by atoms with Gasteiger partial charge in [0.15, 0.2) is 0 Å². The van der Waals surface area contributed by atoms with Gasteiger partial charge in [-0.15, -0.1) is 0 Å². The van der Waals surface area contributed by atoms with Gasteiger partial charge in [-0.2, -0.15) is 0 Å². The number of amides is 1. The number of aliphatic imine (C=N–C) groups is 1. The zero-order valence-corrected chi connectivity index (χ0v) is 18.1. The van der Waals surface area contributed by atoms with Crippen molar-refractivity contribution in [2.45, 2.75) is 52.6 Å². The quantitative estimate of drug-likeness (QED) is 0.585. The van der Waals surface area contributed by atoms with E-state index < -0.39 is 6.35 Å². The van der Waals surface area contributed by atoms with Crippen LogP contribution in [0.15, 0.2) is 35.2 Å². The van der Waals surface area contributed by atoms with E-state index in [2.05, 4.69) is 52.6 Å². The van der Waals surface area contributed by atoms with Crippen molar-refractivity contribution in [3.63, 3.8) is 0 Å². The first-order valence-electron chi connectivity index (χ1n) is 10.8. The van der Waals surface area contributed by atoms with E-state index in [1.54, 1.807) is 6.34 Å². The molecular formula is C22H34N6O2. The molecule has 2 aliphatic rings. The lowest BCUT2D eigenvalue weighted by Crippen LogP contribution is -2.40. The number of nitrogens with one attached hydrogen (secondary N) is 2. The Bertz CT molecular complexity index is 779. The molecule has 30 heavy (non-hydrogen) atoms. The summed E-state index contributed by atoms with van der Waals surface area (Å²) in [6.07, 6.45) is 5.62. The van der Waals surface area contributed by atoms with Crippen LogP contribution in [0, 0.1) is 0 Å². The molecule has 1 aromatic carbocycles. The van der Waals surface area contributed by atoms with Crippen LogP contribution in [-0.2, 0) is 29.0 Å². The summed E-state index contributed by atoms with van der Waals surface area (Å²) in [4.78, 5) is 21.1. The number of likely N-dealkylation sites (N-methyl/N-ethyl adjacent to an activating group) is 1. The zero-order chi connectivity index (χ0) is 21.3. The Labute approximate surface area is 179 Å². The number of nitrogens with zero attached hydrogens (tertiary/aromatic N) is 3. The van der Waals surface area contributed by atoms with E-state index in [0.29, 0.717) is 19.0 Å². The van der Waals surface area contributed by atoms with Gasteiger partial charge in [0.2, 0.25) is 12.3 Å². The van der Waals surface area contributed by atoms with Crippen molar-refractivity contribution in [3.8, 4) is 0 Å². The van der Waals surface area contributed by atoms with Crippen LogP contribution in [0.25, 0.3) is 0 Å². The minimum Gasteiger partial charge on any atom is -0.384 e. The third kappa shape index (κ3) is 6.47. The van der Waals surface area contributed by atoms with Gasteiger partial charge in [-0.25, -0.2) is 4.99 Å². The topological polar surface area (TPSA) is 95.2 Å². The van der Waals surface area contributed by atoms with Gasteiger partial charge in [0, 0.05) is 25.8 Å². The molecule has 0 bridgehead atoms. The van der Waals surface area contributed by atoms with Crippen molar-refractivity contribution < 1.29 is 9.53 Å². The van der Waals surface area contributed by atoms with Crippen LogP contribution in [0.1, 0.15) is 43.4 Å². The molecule has 1 amide bonds. The predicted octanol–water partition coefficient (Wildman–Crippen LogP) is 1.47.